The molecule has 1 aromatic heterocycles. The molecule has 0 amide bonds. The first-order chi connectivity index (χ1) is 8.90. The van der Waals surface area contributed by atoms with Gasteiger partial charge in [-0.2, -0.15) is 8.78 Å². The molecule has 7 heteroatoms. The van der Waals surface area contributed by atoms with E-state index in [2.05, 4.69) is 4.98 Å². The molecule has 100 valence electrons. The van der Waals surface area contributed by atoms with E-state index in [9.17, 15) is 22.4 Å². The molecule has 2 rings (SSSR count). The summed E-state index contributed by atoms with van der Waals surface area (Å²) in [6, 6.07) is 3.51. The molecule has 0 fully saturated rings. The Kier molecular flexibility index (Phi) is 3.37. The van der Waals surface area contributed by atoms with E-state index in [1.807, 2.05) is 0 Å². The minimum Gasteiger partial charge on any atom is -0.269 e. The van der Waals surface area contributed by atoms with Crippen LogP contribution in [0.3, 0.4) is 0 Å². The zero-order valence-electron chi connectivity index (χ0n) is 9.70. The first-order valence-corrected chi connectivity index (χ1v) is 5.24. The Labute approximate surface area is 105 Å². The van der Waals surface area contributed by atoms with Crippen molar-refractivity contribution in [2.45, 2.75) is 13.5 Å². The van der Waals surface area contributed by atoms with E-state index >= 15 is 0 Å². The van der Waals surface area contributed by atoms with Gasteiger partial charge in [-0.05, 0) is 19.1 Å². The average Bonchev–Trinajstić information content (AvgIpc) is 2.26. The molecule has 2 aromatic rings. The monoisotopic (exact) mass is 272 g/mol. The van der Waals surface area contributed by atoms with Crippen LogP contribution < -0.4 is 5.56 Å². The van der Waals surface area contributed by atoms with Crippen molar-refractivity contribution in [3.63, 3.8) is 0 Å². The van der Waals surface area contributed by atoms with Crippen molar-refractivity contribution in [2.24, 2.45) is 0 Å². The normalized spacial score (nSPS) is 11.1. The van der Waals surface area contributed by atoms with Crippen molar-refractivity contribution in [3.05, 3.63) is 52.1 Å². The second kappa shape index (κ2) is 4.83. The fourth-order valence-electron chi connectivity index (χ4n) is 1.68. The molecule has 0 aliphatic heterocycles. The lowest BCUT2D eigenvalue weighted by Gasteiger charge is -2.09. The first-order valence-electron chi connectivity index (χ1n) is 5.24. The maximum Gasteiger partial charge on any atom is 0.322 e. The van der Waals surface area contributed by atoms with E-state index in [-0.39, 0.29) is 21.6 Å². The number of benzene rings is 1. The number of aryl methyl sites for hydroxylation is 1. The van der Waals surface area contributed by atoms with Crippen LogP contribution in [0.5, 0.6) is 0 Å². The summed E-state index contributed by atoms with van der Waals surface area (Å²) in [5.74, 6) is -1.94. The first kappa shape index (κ1) is 13.3. The highest BCUT2D eigenvalue weighted by atomic mass is 19.3. The van der Waals surface area contributed by atoms with Gasteiger partial charge in [0.15, 0.2) is 0 Å². The highest BCUT2D eigenvalue weighted by Gasteiger charge is 2.15. The predicted octanol–water partition coefficient (Wildman–Crippen LogP) is 2.89. The van der Waals surface area contributed by atoms with Crippen LogP contribution in [0.4, 0.5) is 17.6 Å². The molecule has 1 heterocycles. The molecule has 0 spiro atoms. The molecule has 0 saturated heterocycles. The fourth-order valence-corrected chi connectivity index (χ4v) is 1.68. The second-order valence-corrected chi connectivity index (χ2v) is 3.80. The number of rotatable bonds is 2. The van der Waals surface area contributed by atoms with Gasteiger partial charge in [-0.25, -0.2) is 18.3 Å². The number of hydrogen-bond acceptors (Lipinski definition) is 2. The van der Waals surface area contributed by atoms with Crippen LogP contribution >= 0.6 is 0 Å². The molecular formula is C12H8F4N2O. The largest absolute Gasteiger partial charge is 0.322 e. The number of alkyl halides is 2. The van der Waals surface area contributed by atoms with Gasteiger partial charge in [0.2, 0.25) is 0 Å². The fraction of sp³-hybridized carbons (Fsp3) is 0.167. The summed E-state index contributed by atoms with van der Waals surface area (Å²) in [6.07, 6.45) is 0. The zero-order valence-corrected chi connectivity index (χ0v) is 9.70. The number of nitrogens with zero attached hydrogens (tertiary/aromatic N) is 2. The van der Waals surface area contributed by atoms with Gasteiger partial charge in [0.1, 0.15) is 17.5 Å². The summed E-state index contributed by atoms with van der Waals surface area (Å²) in [4.78, 5) is 15.2. The van der Waals surface area contributed by atoms with Crippen LogP contribution in [0.2, 0.25) is 0 Å². The van der Waals surface area contributed by atoms with E-state index in [1.54, 1.807) is 0 Å². The van der Waals surface area contributed by atoms with Crippen LogP contribution in [0, 0.1) is 18.6 Å². The number of hydrogen-bond donors (Lipinski definition) is 0. The molecule has 0 bridgehead atoms. The highest BCUT2D eigenvalue weighted by molar-refractivity contribution is 5.59. The van der Waals surface area contributed by atoms with Crippen LogP contribution in [-0.2, 0) is 0 Å². The minimum absolute atomic E-state index is 0.114. The molecule has 0 aliphatic rings. The number of aromatic nitrogens is 2. The maximum atomic E-state index is 13.5. The van der Waals surface area contributed by atoms with Gasteiger partial charge < -0.3 is 0 Å². The van der Waals surface area contributed by atoms with Crippen molar-refractivity contribution in [1.29, 1.82) is 0 Å². The van der Waals surface area contributed by atoms with Crippen LogP contribution in [-0.4, -0.2) is 9.55 Å². The second-order valence-electron chi connectivity index (χ2n) is 3.80. The predicted molar refractivity (Wildman–Crippen MR) is 59.8 cm³/mol. The Bertz CT molecular complexity index is 682. The summed E-state index contributed by atoms with van der Waals surface area (Å²) in [5.41, 5.74) is -1.24. The topological polar surface area (TPSA) is 34.9 Å². The van der Waals surface area contributed by atoms with Gasteiger partial charge in [0, 0.05) is 17.7 Å². The van der Waals surface area contributed by atoms with Crippen LogP contribution in [0.25, 0.3) is 11.3 Å². The van der Waals surface area contributed by atoms with E-state index < -0.39 is 23.7 Å². The van der Waals surface area contributed by atoms with Gasteiger partial charge in [0.25, 0.3) is 5.56 Å². The van der Waals surface area contributed by atoms with Crippen molar-refractivity contribution >= 4 is 0 Å². The lowest BCUT2D eigenvalue weighted by molar-refractivity contribution is 0.0628. The average molecular weight is 272 g/mol. The third kappa shape index (κ3) is 2.49. The lowest BCUT2D eigenvalue weighted by Crippen LogP contribution is -2.24. The van der Waals surface area contributed by atoms with E-state index in [0.29, 0.717) is 6.07 Å². The van der Waals surface area contributed by atoms with E-state index in [1.165, 1.54) is 6.92 Å². The molecule has 0 atom stereocenters. The summed E-state index contributed by atoms with van der Waals surface area (Å²) in [7, 11) is 0. The summed E-state index contributed by atoms with van der Waals surface area (Å²) >= 11 is 0. The zero-order chi connectivity index (χ0) is 14.2. The smallest absolute Gasteiger partial charge is 0.269 e. The van der Waals surface area contributed by atoms with Crippen molar-refractivity contribution < 1.29 is 17.6 Å². The van der Waals surface area contributed by atoms with Gasteiger partial charge in [0.05, 0.1) is 5.69 Å². The maximum absolute atomic E-state index is 13.5. The Morgan fingerprint density at radius 2 is 1.89 bits per heavy atom. The standard InChI is InChI=1S/C12H8F4N2O/c1-6-17-10(5-11(19)18(6)12(15)16)8-3-2-7(13)4-9(8)14/h2-5,12H,1H3. The van der Waals surface area contributed by atoms with Gasteiger partial charge in [-0.15, -0.1) is 0 Å². The van der Waals surface area contributed by atoms with Crippen molar-refractivity contribution in [1.82, 2.24) is 9.55 Å². The molecule has 0 aliphatic carbocycles. The van der Waals surface area contributed by atoms with Gasteiger partial charge in [-0.1, -0.05) is 0 Å². The molecule has 0 N–H and O–H groups in total. The van der Waals surface area contributed by atoms with Crippen molar-refractivity contribution in [2.75, 3.05) is 0 Å². The Morgan fingerprint density at radius 3 is 2.42 bits per heavy atom. The molecule has 1 aromatic carbocycles. The summed E-state index contributed by atoms with van der Waals surface area (Å²) < 4.78 is 51.6. The van der Waals surface area contributed by atoms with E-state index in [0.717, 1.165) is 18.2 Å². The van der Waals surface area contributed by atoms with Gasteiger partial charge in [-0.3, -0.25) is 4.79 Å². The molecule has 3 nitrogen and oxygen atoms in total. The SMILES string of the molecule is Cc1nc(-c2ccc(F)cc2F)cc(=O)n1C(F)F. The third-order valence-electron chi connectivity index (χ3n) is 2.53. The highest BCUT2D eigenvalue weighted by Crippen LogP contribution is 2.21. The Hall–Kier alpha value is -2.18. The Morgan fingerprint density at radius 1 is 1.21 bits per heavy atom. The molecule has 0 saturated carbocycles. The molecular weight excluding hydrogens is 264 g/mol. The molecule has 19 heavy (non-hydrogen) atoms. The lowest BCUT2D eigenvalue weighted by atomic mass is 10.1. The third-order valence-corrected chi connectivity index (χ3v) is 2.53. The van der Waals surface area contributed by atoms with Crippen molar-refractivity contribution in [3.8, 4) is 11.3 Å². The molecule has 0 radical (unpaired) electrons. The van der Waals surface area contributed by atoms with Gasteiger partial charge >= 0.3 is 6.55 Å². The summed E-state index contributed by atoms with van der Waals surface area (Å²) in [6.45, 7) is -1.81. The Balaban J connectivity index is 2.62. The minimum atomic E-state index is -3.02. The van der Waals surface area contributed by atoms with E-state index in [4.69, 9.17) is 0 Å². The quantitative estimate of drug-likeness (QED) is 0.788. The number of halogens is 4. The van der Waals surface area contributed by atoms with Crippen LogP contribution in [0.1, 0.15) is 12.4 Å². The van der Waals surface area contributed by atoms with Crippen LogP contribution in [0.15, 0.2) is 29.1 Å². The molecule has 0 unspecified atom stereocenters. The summed E-state index contributed by atoms with van der Waals surface area (Å²) in [5, 5.41) is 0.